The van der Waals surface area contributed by atoms with E-state index in [1.54, 1.807) is 0 Å². The van der Waals surface area contributed by atoms with E-state index in [2.05, 4.69) is 79.8 Å². The molecule has 48 N–H and O–H groups in total. The van der Waals surface area contributed by atoms with E-state index in [1.807, 2.05) is 0 Å². The Labute approximate surface area is 860 Å². The highest BCUT2D eigenvalue weighted by Crippen LogP contribution is 2.19. The summed E-state index contributed by atoms with van der Waals surface area (Å²) < 4.78 is 0. The van der Waals surface area contributed by atoms with Crippen LogP contribution in [0, 0.1) is 0 Å². The molecule has 0 bridgehead atoms. The molecule has 15 amide bonds. The van der Waals surface area contributed by atoms with E-state index in [4.69, 9.17) is 97.5 Å². The van der Waals surface area contributed by atoms with Gasteiger partial charge in [0.1, 0.15) is 84.6 Å². The van der Waals surface area contributed by atoms with Crippen LogP contribution in [-0.4, -0.2) is 296 Å². The van der Waals surface area contributed by atoms with E-state index in [0.717, 1.165) is 0 Å². The maximum absolute atomic E-state index is 15.1. The molecule has 839 valence electrons. The van der Waals surface area contributed by atoms with Gasteiger partial charge in [0, 0.05) is 0 Å². The van der Waals surface area contributed by atoms with E-state index in [0.29, 0.717) is 212 Å². The first-order valence-corrected chi connectivity index (χ1v) is 53.8. The summed E-state index contributed by atoms with van der Waals surface area (Å²) in [5.74, 6) is -11.8. The number of carbonyl (C=O) groups excluding carboxylic acids is 16. The highest BCUT2D eigenvalue weighted by Gasteiger charge is 2.40. The molecule has 0 spiro atoms. The Hall–Kier alpha value is -8.96. The fourth-order valence-electron chi connectivity index (χ4n) is 16.2. The number of hydrogen-bond donors (Lipinski definition) is 31. The van der Waals surface area contributed by atoms with Crippen molar-refractivity contribution in [2.45, 2.75) is 412 Å². The highest BCUT2D eigenvalue weighted by molar-refractivity contribution is 6.01. The second-order valence-corrected chi connectivity index (χ2v) is 37.6. The van der Waals surface area contributed by atoms with Crippen molar-refractivity contribution in [3.63, 3.8) is 0 Å². The van der Waals surface area contributed by atoms with Gasteiger partial charge in [-0.2, -0.15) is 0 Å². The van der Waals surface area contributed by atoms with Gasteiger partial charge in [0.05, 0.1) is 12.1 Å². The zero-order valence-electron chi connectivity index (χ0n) is 87.3. The molecule has 48 nitrogen and oxygen atoms in total. The molecule has 0 saturated carbocycles. The maximum Gasteiger partial charge on any atom is 0.243 e. The first-order chi connectivity index (χ1) is 69.8. The van der Waals surface area contributed by atoms with Gasteiger partial charge in [-0.1, -0.05) is 6.42 Å². The lowest BCUT2D eigenvalue weighted by molar-refractivity contribution is -0.136. The summed E-state index contributed by atoms with van der Waals surface area (Å²) in [5.41, 5.74) is 103. The third-order valence-corrected chi connectivity index (χ3v) is 25.1. The average Bonchev–Trinajstić information content (AvgIpc) is 0.855. The van der Waals surface area contributed by atoms with Crippen LogP contribution < -0.4 is 177 Å². The van der Waals surface area contributed by atoms with Crippen molar-refractivity contribution in [2.24, 2.45) is 91.7 Å². The number of ketones is 1. The van der Waals surface area contributed by atoms with Crippen LogP contribution in [0.1, 0.15) is 315 Å². The largest absolute Gasteiger partial charge is 0.345 e. The number of unbranched alkanes of at least 4 members (excludes halogenated alkanes) is 16. The van der Waals surface area contributed by atoms with Gasteiger partial charge in [0.2, 0.25) is 88.6 Å². The number of rotatable bonds is 95. The van der Waals surface area contributed by atoms with Gasteiger partial charge >= 0.3 is 0 Å². The Kier molecular flexibility index (Phi) is 82.6. The van der Waals surface area contributed by atoms with Gasteiger partial charge in [0.25, 0.3) is 0 Å². The van der Waals surface area contributed by atoms with Crippen LogP contribution in [0.25, 0.3) is 0 Å². The maximum atomic E-state index is 15.1. The average molecular weight is 2070 g/mol. The summed E-state index contributed by atoms with van der Waals surface area (Å²) in [5, 5.41) is 42.0. The van der Waals surface area contributed by atoms with Crippen molar-refractivity contribution in [1.82, 2.24) is 85.5 Å². The molecule has 0 rings (SSSR count). The lowest BCUT2D eigenvalue weighted by atomic mass is 10.0. The fourth-order valence-corrected chi connectivity index (χ4v) is 16.2. The summed E-state index contributed by atoms with van der Waals surface area (Å²) in [4.78, 5) is 233. The first-order valence-electron chi connectivity index (χ1n) is 53.8. The van der Waals surface area contributed by atoms with Crippen LogP contribution >= 0.6 is 0 Å². The smallest absolute Gasteiger partial charge is 0.243 e. The molecule has 0 aliphatic rings. The molecule has 0 aliphatic carbocycles. The van der Waals surface area contributed by atoms with Crippen molar-refractivity contribution < 1.29 is 76.7 Å². The number of Topliss-reactive ketones (excluding diaryl/α,β-unsaturated/α-hetero) is 1. The summed E-state index contributed by atoms with van der Waals surface area (Å²) in [7, 11) is 0. The SMILES string of the molecule is CC(=O)[C@@H](CCCCN)NC(=O)[C@@H](CCCCN)NC(=O)[C@@H](CCCCN)NC(=O)[C@@H](CCCCN)NC(=O)[C@H](CCCCN)NC(=O)[C@H](CCCCN)NC(=O)[C@H](CCCCN)NC(=O)[C@@H](CCCCN)NC(=O)[C@H](CCCCN)NC(=O)[C@H](CCCCN)NC(=O)[C@@H](CCCCN)NC(=O)[C@@H](CCCCN)NC(=O)[C@H](CCCCN)NC(=O)[C@@H](CCCCN)NC(=O)[C@H](CCCCN)NC(=O)[C@@H]([NH])CCCCN. The standard InChI is InChI=1S/C97H195N32O16/c1-66(130)68(35-3-19-51-99)115-84(132)70(37-5-21-53-101)117-86(134)72(39-7-23-55-103)119-88(136)74(41-9-25-57-105)121-90(138)76(43-11-27-59-107)123-92(140)78(45-13-29-61-109)125-94(142)80(47-15-31-63-111)127-96(144)82(49-17-33-65-113)129-97(145)81(48-16-32-64-112)128-95(143)79(46-14-30-62-110)126-93(141)77(44-12-28-60-108)124-91(139)75(42-10-26-58-106)122-89(137)73(40-8-24-56-104)120-87(135)71(38-6-22-54-102)118-85(133)69(36-4-20-52-100)116-83(131)67(114)34-2-18-50-98/h67-82,114H,2-65,98-113H2,1H3,(H,115,132)(H,116,131)(H,117,134)(H,118,133)(H,119,136)(H,120,135)(H,121,138)(H,122,137)(H,123,140)(H,124,139)(H,125,142)(H,126,141)(H,127,144)(H,128,143)(H,129,145)/t67-,68+,69-,70+,71+,72+,73-,74+,75+,76-,77+,78-,79-,80-,81-,82+/m0/s1. The van der Waals surface area contributed by atoms with E-state index in [9.17, 15) is 52.7 Å². The zero-order chi connectivity index (χ0) is 108. The first kappa shape index (κ1) is 136. The van der Waals surface area contributed by atoms with E-state index < -0.39 is 185 Å². The molecular weight excluding hydrogens is 1870 g/mol. The number of carbonyl (C=O) groups is 16. The quantitative estimate of drug-likeness (QED) is 0.0253. The lowest BCUT2D eigenvalue weighted by Crippen LogP contribution is -2.61. The molecule has 48 heteroatoms. The highest BCUT2D eigenvalue weighted by atomic mass is 16.2. The molecule has 0 fully saturated rings. The summed E-state index contributed by atoms with van der Waals surface area (Å²) >= 11 is 0. The van der Waals surface area contributed by atoms with Gasteiger partial charge in [-0.25, -0.2) is 5.73 Å². The lowest BCUT2D eigenvalue weighted by Gasteiger charge is -2.29. The molecule has 0 aromatic heterocycles. The predicted octanol–water partition coefficient (Wildman–Crippen LogP) is -5.44. The van der Waals surface area contributed by atoms with E-state index >= 15 is 24.0 Å². The van der Waals surface area contributed by atoms with Crippen molar-refractivity contribution >= 4 is 94.4 Å². The van der Waals surface area contributed by atoms with E-state index in [-0.39, 0.29) is 206 Å². The molecule has 0 saturated heterocycles. The molecule has 1 radical (unpaired) electrons. The minimum atomic E-state index is -1.40. The van der Waals surface area contributed by atoms with Gasteiger partial charge in [-0.05, 0) is 413 Å². The van der Waals surface area contributed by atoms with Gasteiger partial charge in [-0.3, -0.25) is 76.7 Å². The van der Waals surface area contributed by atoms with Crippen molar-refractivity contribution in [2.75, 3.05) is 105 Å². The minimum absolute atomic E-state index is 0.0000490. The van der Waals surface area contributed by atoms with Crippen molar-refractivity contribution in [1.29, 1.82) is 0 Å². The van der Waals surface area contributed by atoms with Crippen molar-refractivity contribution in [3.05, 3.63) is 0 Å². The molecule has 0 aromatic rings. The zero-order valence-corrected chi connectivity index (χ0v) is 87.3. The Morgan fingerprint density at radius 2 is 0.221 bits per heavy atom. The fraction of sp³-hybridized carbons (Fsp3) is 0.835. The monoisotopic (exact) mass is 2060 g/mol. The molecule has 0 aliphatic heterocycles. The molecule has 0 unspecified atom stereocenters. The second-order valence-electron chi connectivity index (χ2n) is 37.6. The third kappa shape index (κ3) is 62.8. The summed E-state index contributed by atoms with van der Waals surface area (Å²) in [6, 6.07) is -20.5. The number of hydrogen-bond acceptors (Lipinski definition) is 32. The van der Waals surface area contributed by atoms with Crippen molar-refractivity contribution in [3.8, 4) is 0 Å². The van der Waals surface area contributed by atoms with Crippen LogP contribution in [0.3, 0.4) is 0 Å². The Balaban J connectivity index is 7.79. The Morgan fingerprint density at radius 3 is 0.317 bits per heavy atom. The third-order valence-electron chi connectivity index (χ3n) is 25.1. The normalized spacial score (nSPS) is 14.7. The van der Waals surface area contributed by atoms with Gasteiger partial charge in [0.15, 0.2) is 5.78 Å². The second kappa shape index (κ2) is 88.0. The van der Waals surface area contributed by atoms with Crippen LogP contribution in [0.4, 0.5) is 0 Å². The van der Waals surface area contributed by atoms with E-state index in [1.165, 1.54) is 6.92 Å². The number of nitrogens with two attached hydrogens (primary N) is 16. The molecule has 0 aromatic carbocycles. The number of nitrogens with one attached hydrogen (secondary N) is 16. The predicted molar refractivity (Wildman–Crippen MR) is 563 cm³/mol. The Bertz CT molecular complexity index is 3480. The van der Waals surface area contributed by atoms with Gasteiger partial charge in [-0.15, -0.1) is 0 Å². The number of amides is 15. The molecule has 0 heterocycles. The van der Waals surface area contributed by atoms with Crippen LogP contribution in [0.2, 0.25) is 0 Å². The summed E-state index contributed by atoms with van der Waals surface area (Å²) in [6.45, 7) is 5.32. The topological polar surface area (TPSA) is 894 Å². The van der Waals surface area contributed by atoms with Crippen LogP contribution in [0.5, 0.6) is 0 Å². The molecule has 16 atom stereocenters. The molecular formula is C97H195N32O16. The van der Waals surface area contributed by atoms with Crippen LogP contribution in [0.15, 0.2) is 0 Å². The minimum Gasteiger partial charge on any atom is -0.345 e. The molecule has 145 heavy (non-hydrogen) atoms. The van der Waals surface area contributed by atoms with Gasteiger partial charge < -0.3 is 171 Å². The Morgan fingerprint density at radius 1 is 0.138 bits per heavy atom. The van der Waals surface area contributed by atoms with Crippen LogP contribution in [-0.2, 0) is 76.7 Å². The summed E-state index contributed by atoms with van der Waals surface area (Å²) in [6.07, 6.45) is 13.7.